The largest absolute Gasteiger partial charge is 0.460 e. The summed E-state index contributed by atoms with van der Waals surface area (Å²) in [5, 5.41) is 4.08. The Balaban J connectivity index is 2.40. The molecule has 1 heterocycles. The third kappa shape index (κ3) is 2.84. The van der Waals surface area contributed by atoms with Crippen molar-refractivity contribution in [3.63, 3.8) is 0 Å². The van der Waals surface area contributed by atoms with Crippen LogP contribution in [0.5, 0.6) is 0 Å². The Morgan fingerprint density at radius 2 is 2.21 bits per heavy atom. The Morgan fingerprint density at radius 3 is 2.84 bits per heavy atom. The van der Waals surface area contributed by atoms with E-state index in [0.29, 0.717) is 12.4 Å². The molecule has 0 atom stereocenters. The molecule has 5 nitrogen and oxygen atoms in total. The van der Waals surface area contributed by atoms with Gasteiger partial charge in [0, 0.05) is 17.1 Å². The summed E-state index contributed by atoms with van der Waals surface area (Å²) in [7, 11) is 1.75. The van der Waals surface area contributed by atoms with Gasteiger partial charge >= 0.3 is 5.97 Å². The second kappa shape index (κ2) is 5.52. The first-order valence-electron chi connectivity index (χ1n) is 5.87. The average molecular weight is 324 g/mol. The van der Waals surface area contributed by atoms with Gasteiger partial charge in [0.25, 0.3) is 5.82 Å². The van der Waals surface area contributed by atoms with Gasteiger partial charge in [-0.25, -0.2) is 14.5 Å². The monoisotopic (exact) mass is 323 g/mol. The van der Waals surface area contributed by atoms with Crippen molar-refractivity contribution in [2.75, 3.05) is 6.61 Å². The smallest absolute Gasteiger partial charge is 0.378 e. The number of hydrogen-bond donors (Lipinski definition) is 0. The van der Waals surface area contributed by atoms with E-state index in [1.165, 1.54) is 0 Å². The molecule has 0 unspecified atom stereocenters. The summed E-state index contributed by atoms with van der Waals surface area (Å²) in [6, 6.07) is 5.86. The molecule has 0 spiro atoms. The molecule has 1 aromatic carbocycles. The highest BCUT2D eigenvalue weighted by molar-refractivity contribution is 9.10. The fourth-order valence-corrected chi connectivity index (χ4v) is 1.95. The maximum absolute atomic E-state index is 11.6. The van der Waals surface area contributed by atoms with Crippen molar-refractivity contribution in [2.24, 2.45) is 7.05 Å². The highest BCUT2D eigenvalue weighted by Gasteiger charge is 2.17. The predicted molar refractivity (Wildman–Crippen MR) is 74.8 cm³/mol. The summed E-state index contributed by atoms with van der Waals surface area (Å²) in [5.74, 6) is 0.219. The van der Waals surface area contributed by atoms with Crippen LogP contribution < -0.4 is 0 Å². The number of carbonyl (C=O) groups excluding carboxylic acids is 1. The lowest BCUT2D eigenvalue weighted by atomic mass is 10.1. The summed E-state index contributed by atoms with van der Waals surface area (Å²) in [6.45, 7) is 4.06. The SMILES string of the molecule is CCOC(=O)c1nc(-c2ccc(Br)c(C)c2)n(C)n1. The van der Waals surface area contributed by atoms with Gasteiger partial charge in [-0.15, -0.1) is 5.10 Å². The molecular weight excluding hydrogens is 310 g/mol. The second-order valence-corrected chi connectivity index (χ2v) is 4.92. The van der Waals surface area contributed by atoms with E-state index in [0.717, 1.165) is 15.6 Å². The number of aromatic nitrogens is 3. The Hall–Kier alpha value is -1.69. The van der Waals surface area contributed by atoms with Gasteiger partial charge in [0.1, 0.15) is 0 Å². The molecule has 19 heavy (non-hydrogen) atoms. The minimum Gasteiger partial charge on any atom is -0.460 e. The van der Waals surface area contributed by atoms with Crippen LogP contribution in [-0.2, 0) is 11.8 Å². The first-order valence-corrected chi connectivity index (χ1v) is 6.67. The van der Waals surface area contributed by atoms with Gasteiger partial charge in [-0.2, -0.15) is 0 Å². The van der Waals surface area contributed by atoms with E-state index in [9.17, 15) is 4.79 Å². The Bertz CT molecular complexity index is 622. The number of ether oxygens (including phenoxy) is 1. The molecule has 0 aliphatic carbocycles. The van der Waals surface area contributed by atoms with Crippen LogP contribution >= 0.6 is 15.9 Å². The molecule has 0 saturated carbocycles. The predicted octanol–water partition coefficient (Wildman–Crippen LogP) is 2.73. The number of benzene rings is 1. The van der Waals surface area contributed by atoms with Crippen LogP contribution in [0.2, 0.25) is 0 Å². The highest BCUT2D eigenvalue weighted by atomic mass is 79.9. The summed E-state index contributed by atoms with van der Waals surface area (Å²) >= 11 is 3.45. The fourth-order valence-electron chi connectivity index (χ4n) is 1.70. The van der Waals surface area contributed by atoms with Crippen LogP contribution in [0.25, 0.3) is 11.4 Å². The van der Waals surface area contributed by atoms with Crippen LogP contribution in [0.4, 0.5) is 0 Å². The number of rotatable bonds is 3. The molecule has 100 valence electrons. The van der Waals surface area contributed by atoms with Crippen molar-refractivity contribution < 1.29 is 9.53 Å². The van der Waals surface area contributed by atoms with E-state index in [-0.39, 0.29) is 5.82 Å². The third-order valence-electron chi connectivity index (χ3n) is 2.64. The average Bonchev–Trinajstić information content (AvgIpc) is 2.75. The molecule has 0 aliphatic heterocycles. The first kappa shape index (κ1) is 13.7. The van der Waals surface area contributed by atoms with E-state index in [1.54, 1.807) is 18.7 Å². The molecule has 0 radical (unpaired) electrons. The summed E-state index contributed by atoms with van der Waals surface area (Å²) in [4.78, 5) is 15.8. The summed E-state index contributed by atoms with van der Waals surface area (Å²) < 4.78 is 7.50. The lowest BCUT2D eigenvalue weighted by molar-refractivity contribution is 0.0512. The molecule has 1 aromatic heterocycles. The normalized spacial score (nSPS) is 10.5. The molecule has 2 rings (SSSR count). The number of aryl methyl sites for hydroxylation is 2. The van der Waals surface area contributed by atoms with Crippen molar-refractivity contribution in [1.29, 1.82) is 0 Å². The fraction of sp³-hybridized carbons (Fsp3) is 0.308. The number of esters is 1. The van der Waals surface area contributed by atoms with Gasteiger partial charge in [0.2, 0.25) is 0 Å². The molecule has 6 heteroatoms. The minimum absolute atomic E-state index is 0.0833. The van der Waals surface area contributed by atoms with E-state index >= 15 is 0 Å². The minimum atomic E-state index is -0.502. The topological polar surface area (TPSA) is 57.0 Å². The van der Waals surface area contributed by atoms with Crippen LogP contribution in [0.1, 0.15) is 23.1 Å². The molecule has 0 saturated heterocycles. The van der Waals surface area contributed by atoms with Crippen molar-refractivity contribution in [1.82, 2.24) is 14.8 Å². The van der Waals surface area contributed by atoms with Gasteiger partial charge in [-0.05, 0) is 31.5 Å². The number of hydrogen-bond acceptors (Lipinski definition) is 4. The van der Waals surface area contributed by atoms with Gasteiger partial charge in [0.05, 0.1) is 6.61 Å². The zero-order chi connectivity index (χ0) is 14.0. The quantitative estimate of drug-likeness (QED) is 0.815. The van der Waals surface area contributed by atoms with Crippen LogP contribution in [-0.4, -0.2) is 27.3 Å². The lowest BCUT2D eigenvalue weighted by Gasteiger charge is -2.03. The maximum atomic E-state index is 11.6. The van der Waals surface area contributed by atoms with Gasteiger partial charge in [-0.1, -0.05) is 22.0 Å². The van der Waals surface area contributed by atoms with Crippen molar-refractivity contribution >= 4 is 21.9 Å². The zero-order valence-corrected chi connectivity index (χ0v) is 12.6. The maximum Gasteiger partial charge on any atom is 0.378 e. The van der Waals surface area contributed by atoms with Crippen molar-refractivity contribution in [2.45, 2.75) is 13.8 Å². The summed E-state index contributed by atoms with van der Waals surface area (Å²) in [5.41, 5.74) is 2.00. The van der Waals surface area contributed by atoms with Crippen LogP contribution in [0.3, 0.4) is 0 Å². The van der Waals surface area contributed by atoms with Crippen LogP contribution in [0, 0.1) is 6.92 Å². The third-order valence-corrected chi connectivity index (χ3v) is 3.53. The van der Waals surface area contributed by atoms with Crippen molar-refractivity contribution in [3.05, 3.63) is 34.1 Å². The first-order chi connectivity index (χ1) is 9.02. The van der Waals surface area contributed by atoms with Crippen molar-refractivity contribution in [3.8, 4) is 11.4 Å². The molecule has 0 aliphatic rings. The number of halogens is 1. The number of carbonyl (C=O) groups is 1. The van der Waals surface area contributed by atoms with E-state index < -0.39 is 5.97 Å². The van der Waals surface area contributed by atoms with Gasteiger partial charge in [-0.3, -0.25) is 0 Å². The second-order valence-electron chi connectivity index (χ2n) is 4.07. The number of nitrogens with zero attached hydrogens (tertiary/aromatic N) is 3. The molecule has 0 fully saturated rings. The standard InChI is InChI=1S/C13H14BrN3O2/c1-4-19-13(18)11-15-12(17(3)16-11)9-5-6-10(14)8(2)7-9/h5-7H,4H2,1-3H3. The Morgan fingerprint density at radius 1 is 1.47 bits per heavy atom. The van der Waals surface area contributed by atoms with E-state index in [1.807, 2.05) is 25.1 Å². The molecular formula is C13H14BrN3O2. The molecule has 0 N–H and O–H groups in total. The molecule has 2 aromatic rings. The summed E-state index contributed by atoms with van der Waals surface area (Å²) in [6.07, 6.45) is 0. The Kier molecular flexibility index (Phi) is 3.99. The zero-order valence-electron chi connectivity index (χ0n) is 11.0. The lowest BCUT2D eigenvalue weighted by Crippen LogP contribution is -2.07. The van der Waals surface area contributed by atoms with Gasteiger partial charge in [0.15, 0.2) is 5.82 Å². The molecule has 0 amide bonds. The van der Waals surface area contributed by atoms with Crippen LogP contribution in [0.15, 0.2) is 22.7 Å². The Labute approximate surface area is 119 Å². The highest BCUT2D eigenvalue weighted by Crippen LogP contribution is 2.23. The van der Waals surface area contributed by atoms with E-state index in [4.69, 9.17) is 4.74 Å². The molecule has 0 bridgehead atoms. The van der Waals surface area contributed by atoms with E-state index in [2.05, 4.69) is 26.0 Å². The van der Waals surface area contributed by atoms with Gasteiger partial charge < -0.3 is 4.74 Å².